The van der Waals surface area contributed by atoms with Crippen LogP contribution in [-0.4, -0.2) is 28.4 Å². The largest absolute Gasteiger partial charge is 0.336 e. The van der Waals surface area contributed by atoms with Crippen molar-refractivity contribution in [1.82, 2.24) is 9.88 Å². The Hall–Kier alpha value is -1.90. The van der Waals surface area contributed by atoms with Crippen LogP contribution in [-0.2, 0) is 0 Å². The van der Waals surface area contributed by atoms with Gasteiger partial charge in [-0.2, -0.15) is 0 Å². The molecule has 3 nitrogen and oxygen atoms in total. The van der Waals surface area contributed by atoms with E-state index in [9.17, 15) is 4.79 Å². The number of amides is 1. The molecular weight excluding hydrogens is 236 g/mol. The average Bonchev–Trinajstić information content (AvgIpc) is 2.47. The molecule has 0 N–H and O–H groups in total. The van der Waals surface area contributed by atoms with Crippen LogP contribution in [0.15, 0.2) is 36.5 Å². The smallest absolute Gasteiger partial charge is 0.255 e. The summed E-state index contributed by atoms with van der Waals surface area (Å²) in [5.74, 6) is 0.0649. The van der Waals surface area contributed by atoms with Crippen molar-refractivity contribution < 1.29 is 4.79 Å². The molecule has 3 heteroatoms. The molecule has 100 valence electrons. The van der Waals surface area contributed by atoms with Gasteiger partial charge in [0, 0.05) is 24.2 Å². The van der Waals surface area contributed by atoms with Gasteiger partial charge in [-0.15, -0.1) is 0 Å². The quantitative estimate of drug-likeness (QED) is 0.839. The second kappa shape index (κ2) is 5.83. The molecule has 1 aromatic heterocycles. The van der Waals surface area contributed by atoms with Crippen LogP contribution in [0, 0.1) is 0 Å². The first-order valence-electron chi connectivity index (χ1n) is 6.83. The summed E-state index contributed by atoms with van der Waals surface area (Å²) in [6.07, 6.45) is 2.64. The van der Waals surface area contributed by atoms with E-state index in [0.717, 1.165) is 23.9 Å². The molecule has 0 aliphatic rings. The second-order valence-electron chi connectivity index (χ2n) is 4.77. The molecule has 1 aromatic carbocycles. The second-order valence-corrected chi connectivity index (χ2v) is 4.77. The molecule has 1 amide bonds. The lowest BCUT2D eigenvalue weighted by atomic mass is 10.1. The lowest BCUT2D eigenvalue weighted by molar-refractivity contribution is 0.0699. The van der Waals surface area contributed by atoms with E-state index in [4.69, 9.17) is 0 Å². The lowest BCUT2D eigenvalue weighted by Gasteiger charge is -2.27. The zero-order chi connectivity index (χ0) is 13.8. The van der Waals surface area contributed by atoms with Crippen LogP contribution in [0.1, 0.15) is 37.6 Å². The summed E-state index contributed by atoms with van der Waals surface area (Å²) in [4.78, 5) is 18.8. The minimum absolute atomic E-state index is 0.0649. The van der Waals surface area contributed by atoms with Crippen molar-refractivity contribution in [3.8, 4) is 0 Å². The van der Waals surface area contributed by atoms with E-state index in [1.807, 2.05) is 42.2 Å². The summed E-state index contributed by atoms with van der Waals surface area (Å²) in [5.41, 5.74) is 1.59. The summed E-state index contributed by atoms with van der Waals surface area (Å²) in [6, 6.07) is 10.0. The zero-order valence-electron chi connectivity index (χ0n) is 11.8. The maximum absolute atomic E-state index is 12.5. The summed E-state index contributed by atoms with van der Waals surface area (Å²) in [7, 11) is 0. The SMILES string of the molecule is CC[C@@H](C)N(CC)C(=O)c1cnc2ccccc2c1. The van der Waals surface area contributed by atoms with Gasteiger partial charge in [-0.1, -0.05) is 25.1 Å². The Balaban J connectivity index is 2.35. The van der Waals surface area contributed by atoms with Gasteiger partial charge in [0.15, 0.2) is 0 Å². The third-order valence-electron chi connectivity index (χ3n) is 3.56. The van der Waals surface area contributed by atoms with Crippen LogP contribution in [0.2, 0.25) is 0 Å². The number of carbonyl (C=O) groups is 1. The topological polar surface area (TPSA) is 33.2 Å². The van der Waals surface area contributed by atoms with E-state index in [1.54, 1.807) is 6.20 Å². The van der Waals surface area contributed by atoms with E-state index in [-0.39, 0.29) is 11.9 Å². The molecule has 0 spiro atoms. The van der Waals surface area contributed by atoms with E-state index in [2.05, 4.69) is 18.8 Å². The van der Waals surface area contributed by atoms with Crippen LogP contribution < -0.4 is 0 Å². The van der Waals surface area contributed by atoms with Crippen LogP contribution in [0.5, 0.6) is 0 Å². The predicted molar refractivity (Wildman–Crippen MR) is 78.2 cm³/mol. The summed E-state index contributed by atoms with van der Waals surface area (Å²) >= 11 is 0. The molecular formula is C16H20N2O. The highest BCUT2D eigenvalue weighted by Crippen LogP contribution is 2.15. The summed E-state index contributed by atoms with van der Waals surface area (Å²) < 4.78 is 0. The normalized spacial score (nSPS) is 12.4. The summed E-state index contributed by atoms with van der Waals surface area (Å²) in [6.45, 7) is 6.91. The minimum atomic E-state index is 0.0649. The highest BCUT2D eigenvalue weighted by Gasteiger charge is 2.19. The number of hydrogen-bond acceptors (Lipinski definition) is 2. The molecule has 2 rings (SSSR count). The fraction of sp³-hybridized carbons (Fsp3) is 0.375. The first-order chi connectivity index (χ1) is 9.17. The maximum atomic E-state index is 12.5. The molecule has 2 aromatic rings. The van der Waals surface area contributed by atoms with Gasteiger partial charge in [0.05, 0.1) is 11.1 Å². The van der Waals surface area contributed by atoms with E-state index in [0.29, 0.717) is 5.56 Å². The highest BCUT2D eigenvalue weighted by molar-refractivity contribution is 5.97. The monoisotopic (exact) mass is 256 g/mol. The Bertz CT molecular complexity index is 580. The molecule has 19 heavy (non-hydrogen) atoms. The Morgan fingerprint density at radius 1 is 1.32 bits per heavy atom. The first kappa shape index (κ1) is 13.5. The van der Waals surface area contributed by atoms with Crippen molar-refractivity contribution in [3.05, 3.63) is 42.1 Å². The number of benzene rings is 1. The van der Waals surface area contributed by atoms with Crippen LogP contribution in [0.4, 0.5) is 0 Å². The van der Waals surface area contributed by atoms with E-state index in [1.165, 1.54) is 0 Å². The number of carbonyl (C=O) groups excluding carboxylic acids is 1. The maximum Gasteiger partial charge on any atom is 0.255 e. The lowest BCUT2D eigenvalue weighted by Crippen LogP contribution is -2.38. The number of nitrogens with zero attached hydrogens (tertiary/aromatic N) is 2. The predicted octanol–water partition coefficient (Wildman–Crippen LogP) is 3.50. The number of para-hydroxylation sites is 1. The van der Waals surface area contributed by atoms with Crippen molar-refractivity contribution in [2.75, 3.05) is 6.54 Å². The Kier molecular flexibility index (Phi) is 4.15. The summed E-state index contributed by atoms with van der Waals surface area (Å²) in [5, 5.41) is 1.01. The number of pyridine rings is 1. The molecule has 1 atom stereocenters. The number of rotatable bonds is 4. The van der Waals surface area contributed by atoms with Crippen molar-refractivity contribution in [3.63, 3.8) is 0 Å². The van der Waals surface area contributed by atoms with Crippen LogP contribution in [0.25, 0.3) is 10.9 Å². The minimum Gasteiger partial charge on any atom is -0.336 e. The van der Waals surface area contributed by atoms with Crippen molar-refractivity contribution >= 4 is 16.8 Å². The molecule has 0 aliphatic carbocycles. The standard InChI is InChI=1S/C16H20N2O/c1-4-12(3)18(5-2)16(19)14-10-13-8-6-7-9-15(13)17-11-14/h6-12H,4-5H2,1-3H3/t12-/m1/s1. The van der Waals surface area contributed by atoms with Gasteiger partial charge in [-0.05, 0) is 32.4 Å². The van der Waals surface area contributed by atoms with Gasteiger partial charge in [0.2, 0.25) is 0 Å². The molecule has 0 aliphatic heterocycles. The highest BCUT2D eigenvalue weighted by atomic mass is 16.2. The van der Waals surface area contributed by atoms with E-state index >= 15 is 0 Å². The number of aromatic nitrogens is 1. The third kappa shape index (κ3) is 2.75. The molecule has 0 saturated carbocycles. The number of hydrogen-bond donors (Lipinski definition) is 0. The van der Waals surface area contributed by atoms with Gasteiger partial charge in [-0.25, -0.2) is 0 Å². The Morgan fingerprint density at radius 3 is 2.74 bits per heavy atom. The molecule has 0 radical (unpaired) electrons. The van der Waals surface area contributed by atoms with Crippen molar-refractivity contribution in [2.45, 2.75) is 33.2 Å². The van der Waals surface area contributed by atoms with Gasteiger partial charge >= 0.3 is 0 Å². The van der Waals surface area contributed by atoms with Gasteiger partial charge < -0.3 is 4.90 Å². The molecule has 0 bridgehead atoms. The van der Waals surface area contributed by atoms with Crippen molar-refractivity contribution in [2.24, 2.45) is 0 Å². The Labute approximate surface area is 114 Å². The van der Waals surface area contributed by atoms with Gasteiger partial charge in [0.25, 0.3) is 5.91 Å². The third-order valence-corrected chi connectivity index (χ3v) is 3.56. The van der Waals surface area contributed by atoms with Crippen LogP contribution in [0.3, 0.4) is 0 Å². The number of fused-ring (bicyclic) bond motifs is 1. The molecule has 1 heterocycles. The first-order valence-corrected chi connectivity index (χ1v) is 6.83. The zero-order valence-corrected chi connectivity index (χ0v) is 11.8. The van der Waals surface area contributed by atoms with Crippen LogP contribution >= 0.6 is 0 Å². The molecule has 0 unspecified atom stereocenters. The average molecular weight is 256 g/mol. The van der Waals surface area contributed by atoms with E-state index < -0.39 is 0 Å². The van der Waals surface area contributed by atoms with Gasteiger partial charge in [0.1, 0.15) is 0 Å². The van der Waals surface area contributed by atoms with Crippen molar-refractivity contribution in [1.29, 1.82) is 0 Å². The fourth-order valence-electron chi connectivity index (χ4n) is 2.23. The Morgan fingerprint density at radius 2 is 2.05 bits per heavy atom. The molecule has 0 fully saturated rings. The molecule has 0 saturated heterocycles. The fourth-order valence-corrected chi connectivity index (χ4v) is 2.23. The van der Waals surface area contributed by atoms with Gasteiger partial charge in [-0.3, -0.25) is 9.78 Å².